The molecule has 5 nitrogen and oxygen atoms in total. The van der Waals surface area contributed by atoms with Crippen molar-refractivity contribution in [2.75, 3.05) is 10.2 Å². The summed E-state index contributed by atoms with van der Waals surface area (Å²) in [6.45, 7) is 0. The number of hydrazone groups is 1. The van der Waals surface area contributed by atoms with Gasteiger partial charge in [0.2, 0.25) is 5.13 Å². The molecule has 2 N–H and O–H groups in total. The number of aromatic nitrogens is 1. The molecule has 0 unspecified atom stereocenters. The van der Waals surface area contributed by atoms with Crippen molar-refractivity contribution in [3.63, 3.8) is 0 Å². The van der Waals surface area contributed by atoms with Gasteiger partial charge in [-0.3, -0.25) is 0 Å². The van der Waals surface area contributed by atoms with Crippen LogP contribution in [0.3, 0.4) is 0 Å². The largest absolute Gasteiger partial charge is 1.00 e. The first-order chi connectivity index (χ1) is 13.3. The minimum Gasteiger partial charge on any atom is -1.00 e. The Labute approximate surface area is 177 Å². The highest BCUT2D eigenvalue weighted by molar-refractivity contribution is 7.22. The summed E-state index contributed by atoms with van der Waals surface area (Å²) < 4.78 is 1.13. The second-order valence-corrected chi connectivity index (χ2v) is 7.50. The Hall–Kier alpha value is -2.64. The lowest BCUT2D eigenvalue weighted by molar-refractivity contribution is -0.545. The number of nitrogens with zero attached hydrogens (tertiary/aromatic N) is 4. The highest BCUT2D eigenvalue weighted by atomic mass is 35.5. The SMILES string of the molecule is Clc1cccc(C2=NN(c3nc4ccccc4s3)N(c3ccccc3)[NH2+]2)c1.[Cl-]. The summed E-state index contributed by atoms with van der Waals surface area (Å²) in [5.74, 6) is 0.834. The summed E-state index contributed by atoms with van der Waals surface area (Å²) in [5, 5.41) is 10.2. The molecule has 1 aliphatic heterocycles. The smallest absolute Gasteiger partial charge is 0.277 e. The second-order valence-electron chi connectivity index (χ2n) is 6.06. The average Bonchev–Trinajstić information content (AvgIpc) is 3.33. The van der Waals surface area contributed by atoms with E-state index in [4.69, 9.17) is 21.7 Å². The van der Waals surface area contributed by atoms with Gasteiger partial charge >= 0.3 is 0 Å². The summed E-state index contributed by atoms with van der Waals surface area (Å²) >= 11 is 7.79. The molecule has 1 aliphatic rings. The van der Waals surface area contributed by atoms with E-state index in [2.05, 4.69) is 6.07 Å². The topological polar surface area (TPSA) is 48.3 Å². The molecular formula is C20H15Cl2N5S. The van der Waals surface area contributed by atoms with Crippen LogP contribution < -0.4 is 28.1 Å². The van der Waals surface area contributed by atoms with Gasteiger partial charge in [0.25, 0.3) is 5.84 Å². The Bertz CT molecular complexity index is 1110. The second kappa shape index (κ2) is 7.77. The zero-order chi connectivity index (χ0) is 18.2. The number of halogens is 2. The fourth-order valence-corrected chi connectivity index (χ4v) is 4.08. The molecule has 0 radical (unpaired) electrons. The van der Waals surface area contributed by atoms with E-state index in [1.54, 1.807) is 11.3 Å². The Balaban J connectivity index is 0.00000192. The quantitative estimate of drug-likeness (QED) is 0.496. The molecule has 0 saturated heterocycles. The monoisotopic (exact) mass is 427 g/mol. The van der Waals surface area contributed by atoms with Crippen LogP contribution in [0.15, 0.2) is 84.0 Å². The molecule has 0 amide bonds. The van der Waals surface area contributed by atoms with Gasteiger partial charge in [-0.05, 0) is 42.5 Å². The number of benzene rings is 3. The summed E-state index contributed by atoms with van der Waals surface area (Å²) in [4.78, 5) is 4.77. The number of nitrogens with two attached hydrogens (primary N) is 1. The Kier molecular flexibility index (Phi) is 5.19. The molecule has 8 heteroatoms. The molecule has 0 bridgehead atoms. The lowest BCUT2D eigenvalue weighted by atomic mass is 10.2. The van der Waals surface area contributed by atoms with Crippen molar-refractivity contribution in [1.82, 2.24) is 4.98 Å². The van der Waals surface area contributed by atoms with Gasteiger partial charge in [-0.2, -0.15) is 5.43 Å². The first-order valence-corrected chi connectivity index (χ1v) is 9.67. The standard InChI is InChI=1S/C20H14ClN5S.ClH/c21-15-8-6-7-14(13-15)19-23-25(16-9-2-1-3-10-16)26(24-19)20-22-17-11-4-5-12-18(17)27-20;/h1-13H,(H,23,24);1H. The molecule has 0 spiro atoms. The number of quaternary nitrogens is 1. The third-order valence-corrected chi connectivity index (χ3v) is 5.48. The van der Waals surface area contributed by atoms with Crippen molar-refractivity contribution in [1.29, 1.82) is 0 Å². The van der Waals surface area contributed by atoms with Gasteiger partial charge in [-0.15, -0.1) is 5.12 Å². The van der Waals surface area contributed by atoms with Crippen LogP contribution in [-0.2, 0) is 0 Å². The fraction of sp³-hybridized carbons (Fsp3) is 0. The molecular weight excluding hydrogens is 413 g/mol. The van der Waals surface area contributed by atoms with E-state index in [0.717, 1.165) is 32.4 Å². The number of anilines is 2. The van der Waals surface area contributed by atoms with Crippen molar-refractivity contribution >= 4 is 49.8 Å². The first kappa shape index (κ1) is 18.7. The highest BCUT2D eigenvalue weighted by Gasteiger charge is 2.33. The maximum absolute atomic E-state index is 6.18. The molecule has 28 heavy (non-hydrogen) atoms. The van der Waals surface area contributed by atoms with Crippen LogP contribution in [-0.4, -0.2) is 10.8 Å². The number of rotatable bonds is 3. The normalized spacial score (nSPS) is 13.5. The van der Waals surface area contributed by atoms with Crippen LogP contribution in [0.2, 0.25) is 5.02 Å². The molecule has 140 valence electrons. The minimum absolute atomic E-state index is 0. The zero-order valence-electron chi connectivity index (χ0n) is 14.5. The van der Waals surface area contributed by atoms with E-state index in [9.17, 15) is 0 Å². The molecule has 3 aromatic carbocycles. The number of para-hydroxylation sites is 2. The minimum atomic E-state index is 0. The highest BCUT2D eigenvalue weighted by Crippen LogP contribution is 2.31. The number of hydrazine groups is 1. The van der Waals surface area contributed by atoms with Gasteiger partial charge in [0.05, 0.1) is 15.8 Å². The third kappa shape index (κ3) is 3.43. The third-order valence-electron chi connectivity index (χ3n) is 4.25. The van der Waals surface area contributed by atoms with Crippen LogP contribution in [0.5, 0.6) is 0 Å². The van der Waals surface area contributed by atoms with Crippen molar-refractivity contribution in [3.8, 4) is 0 Å². The van der Waals surface area contributed by atoms with E-state index >= 15 is 0 Å². The number of thiazole rings is 1. The number of fused-ring (bicyclic) bond motifs is 1. The first-order valence-electron chi connectivity index (χ1n) is 8.47. The van der Waals surface area contributed by atoms with Gasteiger partial charge in [-0.25, -0.2) is 4.98 Å². The number of hydrogen-bond acceptors (Lipinski definition) is 5. The molecule has 2 heterocycles. The van der Waals surface area contributed by atoms with Gasteiger partial charge in [0.15, 0.2) is 0 Å². The maximum Gasteiger partial charge on any atom is 0.277 e. The predicted molar refractivity (Wildman–Crippen MR) is 111 cm³/mol. The Morgan fingerprint density at radius 1 is 0.893 bits per heavy atom. The molecule has 0 atom stereocenters. The number of amidine groups is 1. The van der Waals surface area contributed by atoms with Crippen LogP contribution in [0.1, 0.15) is 5.56 Å². The van der Waals surface area contributed by atoms with Gasteiger partial charge in [0, 0.05) is 5.02 Å². The average molecular weight is 428 g/mol. The van der Waals surface area contributed by atoms with Crippen molar-refractivity contribution in [2.45, 2.75) is 0 Å². The van der Waals surface area contributed by atoms with Gasteiger partial charge in [-0.1, -0.05) is 69.6 Å². The maximum atomic E-state index is 6.18. The van der Waals surface area contributed by atoms with Crippen molar-refractivity contribution in [3.05, 3.63) is 89.4 Å². The van der Waals surface area contributed by atoms with Crippen molar-refractivity contribution < 1.29 is 17.8 Å². The van der Waals surface area contributed by atoms with E-state index in [0.29, 0.717) is 5.02 Å². The molecule has 0 aliphatic carbocycles. The summed E-state index contributed by atoms with van der Waals surface area (Å²) in [5.41, 5.74) is 4.95. The van der Waals surface area contributed by atoms with Gasteiger partial charge in [0.1, 0.15) is 5.69 Å². The molecule has 1 aromatic heterocycles. The Morgan fingerprint density at radius 3 is 2.46 bits per heavy atom. The van der Waals surface area contributed by atoms with Crippen LogP contribution in [0, 0.1) is 0 Å². The van der Waals surface area contributed by atoms with Crippen LogP contribution >= 0.6 is 22.9 Å². The fourth-order valence-electron chi connectivity index (χ4n) is 2.97. The lowest BCUT2D eigenvalue weighted by Gasteiger charge is -2.21. The summed E-state index contributed by atoms with van der Waals surface area (Å²) in [7, 11) is 0. The number of hydrogen-bond donors (Lipinski definition) is 1. The van der Waals surface area contributed by atoms with E-state index < -0.39 is 0 Å². The molecule has 5 rings (SSSR count). The van der Waals surface area contributed by atoms with Crippen molar-refractivity contribution in [2.24, 2.45) is 5.10 Å². The molecule has 4 aromatic rings. The van der Waals surface area contributed by atoms with Gasteiger partial charge < -0.3 is 12.4 Å². The molecule has 0 saturated carbocycles. The van der Waals surface area contributed by atoms with E-state index in [-0.39, 0.29) is 12.4 Å². The molecule has 0 fully saturated rings. The van der Waals surface area contributed by atoms with Crippen LogP contribution in [0.4, 0.5) is 10.8 Å². The van der Waals surface area contributed by atoms with E-state index in [1.165, 1.54) is 0 Å². The summed E-state index contributed by atoms with van der Waals surface area (Å²) in [6, 6.07) is 26.0. The predicted octanol–water partition coefficient (Wildman–Crippen LogP) is 1.04. The zero-order valence-corrected chi connectivity index (χ0v) is 16.9. The Morgan fingerprint density at radius 2 is 1.68 bits per heavy atom. The summed E-state index contributed by atoms with van der Waals surface area (Å²) in [6.07, 6.45) is 0. The van der Waals surface area contributed by atoms with Crippen LogP contribution in [0.25, 0.3) is 10.2 Å². The lowest BCUT2D eigenvalue weighted by Crippen LogP contribution is -3.00. The van der Waals surface area contributed by atoms with E-state index in [1.807, 2.05) is 88.5 Å².